The number of likely N-dealkylation sites (tertiary alicyclic amines) is 2. The van der Waals surface area contributed by atoms with Crippen LogP contribution in [-0.2, 0) is 4.74 Å². The quantitative estimate of drug-likeness (QED) is 0.610. The maximum absolute atomic E-state index is 6.11. The Balaban J connectivity index is 1.51. The van der Waals surface area contributed by atoms with E-state index in [0.29, 0.717) is 6.54 Å². The zero-order chi connectivity index (χ0) is 18.4. The van der Waals surface area contributed by atoms with Crippen molar-refractivity contribution in [2.45, 2.75) is 25.4 Å². The van der Waals surface area contributed by atoms with E-state index >= 15 is 0 Å². The van der Waals surface area contributed by atoms with E-state index in [-0.39, 0.29) is 6.10 Å². The molecular formula is C20H31ClN4O. The molecule has 0 saturated carbocycles. The summed E-state index contributed by atoms with van der Waals surface area (Å²) in [6.45, 7) is 6.63. The van der Waals surface area contributed by atoms with Crippen LogP contribution in [0.1, 0.15) is 30.9 Å². The number of ether oxygens (including phenoxy) is 1. The molecule has 6 heteroatoms. The van der Waals surface area contributed by atoms with Gasteiger partial charge in [0.05, 0.1) is 6.10 Å². The average Bonchev–Trinajstić information content (AvgIpc) is 3.31. The van der Waals surface area contributed by atoms with Crippen molar-refractivity contribution in [3.05, 3.63) is 34.9 Å². The maximum atomic E-state index is 6.11. The Hall–Kier alpha value is -1.30. The average molecular weight is 379 g/mol. The Labute approximate surface area is 162 Å². The molecule has 0 aromatic heterocycles. The summed E-state index contributed by atoms with van der Waals surface area (Å²) in [6.07, 6.45) is 3.93. The predicted molar refractivity (Wildman–Crippen MR) is 108 cm³/mol. The molecule has 5 nitrogen and oxygen atoms in total. The van der Waals surface area contributed by atoms with Crippen LogP contribution in [0.25, 0.3) is 0 Å². The highest BCUT2D eigenvalue weighted by Crippen LogP contribution is 2.22. The van der Waals surface area contributed by atoms with E-state index in [0.717, 1.165) is 35.6 Å². The minimum Gasteiger partial charge on any atom is -0.375 e. The third-order valence-corrected chi connectivity index (χ3v) is 5.70. The molecule has 144 valence electrons. The van der Waals surface area contributed by atoms with Gasteiger partial charge in [0.2, 0.25) is 0 Å². The Morgan fingerprint density at radius 2 is 2.15 bits per heavy atom. The number of nitrogens with zero attached hydrogens (tertiary/aromatic N) is 3. The van der Waals surface area contributed by atoms with Crippen LogP contribution in [-0.4, -0.2) is 69.2 Å². The topological polar surface area (TPSA) is 40.1 Å². The molecule has 2 fully saturated rings. The van der Waals surface area contributed by atoms with Crippen molar-refractivity contribution < 1.29 is 4.74 Å². The molecule has 1 N–H and O–H groups in total. The number of aliphatic imine (C=N–C) groups is 1. The van der Waals surface area contributed by atoms with Crippen LogP contribution < -0.4 is 5.32 Å². The molecule has 0 radical (unpaired) electrons. The van der Waals surface area contributed by atoms with Crippen LogP contribution in [0.4, 0.5) is 0 Å². The van der Waals surface area contributed by atoms with Gasteiger partial charge in [0, 0.05) is 45.4 Å². The van der Waals surface area contributed by atoms with Gasteiger partial charge in [-0.2, -0.15) is 0 Å². The second-order valence-corrected chi connectivity index (χ2v) is 7.75. The van der Waals surface area contributed by atoms with Crippen molar-refractivity contribution in [2.75, 3.05) is 53.4 Å². The lowest BCUT2D eigenvalue weighted by Gasteiger charge is -2.25. The summed E-state index contributed by atoms with van der Waals surface area (Å²) in [5.74, 6) is 1.72. The number of methoxy groups -OCH3 is 1. The van der Waals surface area contributed by atoms with Crippen LogP contribution in [0.2, 0.25) is 5.02 Å². The lowest BCUT2D eigenvalue weighted by molar-refractivity contribution is 0.106. The largest absolute Gasteiger partial charge is 0.375 e. The number of halogens is 1. The first-order chi connectivity index (χ1) is 12.7. The molecule has 2 atom stereocenters. The van der Waals surface area contributed by atoms with Crippen LogP contribution in [0.3, 0.4) is 0 Å². The first-order valence-corrected chi connectivity index (χ1v) is 10.0. The molecule has 2 aliphatic rings. The van der Waals surface area contributed by atoms with Crippen LogP contribution in [0, 0.1) is 5.92 Å². The summed E-state index contributed by atoms with van der Waals surface area (Å²) < 4.78 is 5.66. The van der Waals surface area contributed by atoms with Gasteiger partial charge < -0.3 is 19.9 Å². The molecule has 1 aromatic carbocycles. The lowest BCUT2D eigenvalue weighted by atomic mass is 10.1. The predicted octanol–water partition coefficient (Wildman–Crippen LogP) is 3.02. The van der Waals surface area contributed by atoms with E-state index in [9.17, 15) is 0 Å². The van der Waals surface area contributed by atoms with Crippen molar-refractivity contribution in [2.24, 2.45) is 10.9 Å². The van der Waals surface area contributed by atoms with Crippen molar-refractivity contribution in [3.63, 3.8) is 0 Å². The fourth-order valence-electron chi connectivity index (χ4n) is 4.06. The number of benzene rings is 1. The van der Waals surface area contributed by atoms with E-state index in [1.54, 1.807) is 7.11 Å². The zero-order valence-corrected chi connectivity index (χ0v) is 16.7. The summed E-state index contributed by atoms with van der Waals surface area (Å²) in [5.41, 5.74) is 1.08. The minimum atomic E-state index is -0.0477. The number of guanidine groups is 1. The van der Waals surface area contributed by atoms with E-state index < -0.39 is 0 Å². The Bertz CT molecular complexity index is 603. The Morgan fingerprint density at radius 3 is 2.85 bits per heavy atom. The van der Waals surface area contributed by atoms with Gasteiger partial charge in [-0.05, 0) is 56.0 Å². The fraction of sp³-hybridized carbons (Fsp3) is 0.650. The van der Waals surface area contributed by atoms with Gasteiger partial charge in [0.1, 0.15) is 0 Å². The smallest absolute Gasteiger partial charge is 0.193 e. The molecule has 26 heavy (non-hydrogen) atoms. The zero-order valence-electron chi connectivity index (χ0n) is 16.0. The Morgan fingerprint density at radius 1 is 1.35 bits per heavy atom. The third kappa shape index (κ3) is 5.12. The van der Waals surface area contributed by atoms with Crippen molar-refractivity contribution >= 4 is 17.6 Å². The fourth-order valence-corrected chi connectivity index (χ4v) is 4.26. The number of rotatable bonds is 6. The Kier molecular flexibility index (Phi) is 7.17. The van der Waals surface area contributed by atoms with Crippen molar-refractivity contribution in [1.82, 2.24) is 15.1 Å². The van der Waals surface area contributed by atoms with Gasteiger partial charge in [-0.1, -0.05) is 23.7 Å². The summed E-state index contributed by atoms with van der Waals surface area (Å²) >= 11 is 6.11. The molecule has 2 aliphatic heterocycles. The van der Waals surface area contributed by atoms with E-state index in [4.69, 9.17) is 16.3 Å². The van der Waals surface area contributed by atoms with Gasteiger partial charge in [0.25, 0.3) is 0 Å². The number of hydrogen-bond donors (Lipinski definition) is 1. The maximum Gasteiger partial charge on any atom is 0.193 e. The first-order valence-electron chi connectivity index (χ1n) is 9.66. The molecule has 0 spiro atoms. The summed E-state index contributed by atoms with van der Waals surface area (Å²) in [5, 5.41) is 4.22. The third-order valence-electron chi connectivity index (χ3n) is 5.46. The van der Waals surface area contributed by atoms with E-state index in [2.05, 4.69) is 20.1 Å². The molecule has 2 heterocycles. The van der Waals surface area contributed by atoms with Gasteiger partial charge in [-0.3, -0.25) is 4.99 Å². The number of nitrogens with one attached hydrogen (secondary N) is 1. The van der Waals surface area contributed by atoms with Crippen molar-refractivity contribution in [3.8, 4) is 0 Å². The molecule has 2 unspecified atom stereocenters. The van der Waals surface area contributed by atoms with Gasteiger partial charge in [-0.15, -0.1) is 0 Å². The monoisotopic (exact) mass is 378 g/mol. The summed E-state index contributed by atoms with van der Waals surface area (Å²) in [6, 6.07) is 7.85. The SMILES string of the molecule is CN=C(NCC(OC)c1cccc(Cl)c1)N1CCC(CN2CCCC2)C1. The van der Waals surface area contributed by atoms with Crippen LogP contribution in [0.15, 0.2) is 29.3 Å². The van der Waals surface area contributed by atoms with Crippen LogP contribution >= 0.6 is 11.6 Å². The molecule has 0 bridgehead atoms. The van der Waals surface area contributed by atoms with E-state index in [1.807, 2.05) is 31.3 Å². The molecule has 2 saturated heterocycles. The van der Waals surface area contributed by atoms with Crippen molar-refractivity contribution in [1.29, 1.82) is 0 Å². The van der Waals surface area contributed by atoms with E-state index in [1.165, 1.54) is 38.9 Å². The molecule has 1 aromatic rings. The lowest BCUT2D eigenvalue weighted by Crippen LogP contribution is -2.42. The highest BCUT2D eigenvalue weighted by atomic mass is 35.5. The van der Waals surface area contributed by atoms with Gasteiger partial charge in [-0.25, -0.2) is 0 Å². The second kappa shape index (κ2) is 9.58. The van der Waals surface area contributed by atoms with Crippen LogP contribution in [0.5, 0.6) is 0 Å². The molecule has 0 aliphatic carbocycles. The highest BCUT2D eigenvalue weighted by molar-refractivity contribution is 6.30. The highest BCUT2D eigenvalue weighted by Gasteiger charge is 2.27. The molecule has 0 amide bonds. The minimum absolute atomic E-state index is 0.0477. The standard InChI is InChI=1S/C20H31ClN4O/c1-22-20(23-13-19(26-2)17-6-5-7-18(21)12-17)25-11-8-16(15-25)14-24-9-3-4-10-24/h5-7,12,16,19H,3-4,8-11,13-15H2,1-2H3,(H,22,23). The second-order valence-electron chi connectivity index (χ2n) is 7.32. The molecular weight excluding hydrogens is 348 g/mol. The summed E-state index contributed by atoms with van der Waals surface area (Å²) in [7, 11) is 3.59. The van der Waals surface area contributed by atoms with Gasteiger partial charge >= 0.3 is 0 Å². The summed E-state index contributed by atoms with van der Waals surface area (Å²) in [4.78, 5) is 9.49. The normalized spacial score (nSPS) is 22.8. The van der Waals surface area contributed by atoms with Gasteiger partial charge in [0.15, 0.2) is 5.96 Å². The first kappa shape index (κ1) is 19.5. The number of hydrogen-bond acceptors (Lipinski definition) is 3. The molecule has 3 rings (SSSR count).